The molecule has 32 heavy (non-hydrogen) atoms. The Bertz CT molecular complexity index is 1190. The van der Waals surface area contributed by atoms with Gasteiger partial charge in [0.25, 0.3) is 10.0 Å². The molecule has 6 nitrogen and oxygen atoms in total. The van der Waals surface area contributed by atoms with Crippen molar-refractivity contribution in [3.63, 3.8) is 0 Å². The number of benzene rings is 2. The average Bonchev–Trinajstić information content (AvgIpc) is 3.09. The van der Waals surface area contributed by atoms with Crippen LogP contribution >= 0.6 is 0 Å². The first kappa shape index (κ1) is 22.6. The van der Waals surface area contributed by atoms with Gasteiger partial charge in [0, 0.05) is 26.8 Å². The second-order valence-electron chi connectivity index (χ2n) is 7.94. The van der Waals surface area contributed by atoms with Gasteiger partial charge in [-0.15, -0.1) is 0 Å². The maximum atomic E-state index is 13.2. The highest BCUT2D eigenvalue weighted by atomic mass is 32.2. The summed E-state index contributed by atoms with van der Waals surface area (Å²) in [5.74, 6) is 0.138. The normalized spacial score (nSPS) is 15.9. The van der Waals surface area contributed by atoms with E-state index in [2.05, 4.69) is 4.98 Å². The highest BCUT2D eigenvalue weighted by Gasteiger charge is 2.32. The Balaban J connectivity index is 1.72. The minimum absolute atomic E-state index is 0.0651. The highest BCUT2D eigenvalue weighted by Crippen LogP contribution is 2.30. The van der Waals surface area contributed by atoms with Crippen molar-refractivity contribution in [3.05, 3.63) is 54.4 Å². The van der Waals surface area contributed by atoms with Gasteiger partial charge in [-0.1, -0.05) is 18.2 Å². The van der Waals surface area contributed by atoms with Crippen molar-refractivity contribution in [2.75, 3.05) is 24.6 Å². The monoisotopic (exact) mass is 467 g/mol. The van der Waals surface area contributed by atoms with Crippen LogP contribution < -0.4 is 4.31 Å². The molecule has 10 heteroatoms. The van der Waals surface area contributed by atoms with E-state index in [-0.39, 0.29) is 16.6 Å². The van der Waals surface area contributed by atoms with Gasteiger partial charge < -0.3 is 9.30 Å². The van der Waals surface area contributed by atoms with E-state index in [0.717, 1.165) is 17.1 Å². The molecule has 0 aliphatic carbocycles. The van der Waals surface area contributed by atoms with E-state index in [4.69, 9.17) is 4.74 Å². The van der Waals surface area contributed by atoms with Crippen molar-refractivity contribution < 1.29 is 26.3 Å². The van der Waals surface area contributed by atoms with Crippen molar-refractivity contribution in [2.24, 2.45) is 5.92 Å². The molecule has 0 unspecified atom stereocenters. The number of halogens is 3. The van der Waals surface area contributed by atoms with Crippen molar-refractivity contribution in [2.45, 2.75) is 36.9 Å². The zero-order valence-electron chi connectivity index (χ0n) is 17.5. The van der Waals surface area contributed by atoms with E-state index >= 15 is 0 Å². The smallest absolute Gasteiger partial charge is 0.381 e. The van der Waals surface area contributed by atoms with Crippen molar-refractivity contribution in [3.8, 4) is 0 Å². The van der Waals surface area contributed by atoms with Crippen LogP contribution in [0.3, 0.4) is 0 Å². The third kappa shape index (κ3) is 4.75. The van der Waals surface area contributed by atoms with E-state index < -0.39 is 22.6 Å². The SMILES string of the molecule is CN(c1ccc2c(c1)nc(CC(F)(F)F)n2CC1CCOCC1)S(=O)(=O)c1ccccc1. The summed E-state index contributed by atoms with van der Waals surface area (Å²) in [6.45, 7) is 1.61. The number of aromatic nitrogens is 2. The summed E-state index contributed by atoms with van der Waals surface area (Å²) in [7, 11) is -2.39. The summed E-state index contributed by atoms with van der Waals surface area (Å²) in [5.41, 5.74) is 1.23. The minimum atomic E-state index is -4.40. The van der Waals surface area contributed by atoms with Gasteiger partial charge in [-0.3, -0.25) is 4.31 Å². The van der Waals surface area contributed by atoms with Crippen LogP contribution in [0.15, 0.2) is 53.4 Å². The first-order chi connectivity index (χ1) is 15.1. The molecule has 0 atom stereocenters. The van der Waals surface area contributed by atoms with Crippen molar-refractivity contribution in [1.82, 2.24) is 9.55 Å². The van der Waals surface area contributed by atoms with Crippen LogP contribution in [0.4, 0.5) is 18.9 Å². The van der Waals surface area contributed by atoms with E-state index in [1.807, 2.05) is 0 Å². The standard InChI is InChI=1S/C22H24F3N3O3S/c1-27(32(29,30)18-5-3-2-4-6-18)17-7-8-20-19(13-17)26-21(14-22(23,24)25)28(20)15-16-9-11-31-12-10-16/h2-8,13,16H,9-12,14-15H2,1H3. The minimum Gasteiger partial charge on any atom is -0.381 e. The average molecular weight is 468 g/mol. The van der Waals surface area contributed by atoms with E-state index in [9.17, 15) is 21.6 Å². The Morgan fingerprint density at radius 3 is 2.47 bits per heavy atom. The third-order valence-electron chi connectivity index (χ3n) is 5.72. The molecule has 0 N–H and O–H groups in total. The van der Waals surface area contributed by atoms with Gasteiger partial charge in [0.2, 0.25) is 0 Å². The predicted octanol–water partition coefficient (Wildman–Crippen LogP) is 4.39. The van der Waals surface area contributed by atoms with Crippen LogP contribution in [-0.2, 0) is 27.7 Å². The third-order valence-corrected chi connectivity index (χ3v) is 7.52. The maximum Gasteiger partial charge on any atom is 0.396 e. The molecular weight excluding hydrogens is 443 g/mol. The molecule has 2 heterocycles. The number of rotatable bonds is 6. The lowest BCUT2D eigenvalue weighted by molar-refractivity contribution is -0.129. The number of sulfonamides is 1. The van der Waals surface area contributed by atoms with Crippen molar-refractivity contribution in [1.29, 1.82) is 0 Å². The molecule has 1 aliphatic rings. The topological polar surface area (TPSA) is 64.4 Å². The van der Waals surface area contributed by atoms with Crippen molar-refractivity contribution >= 4 is 26.7 Å². The molecule has 0 amide bonds. The van der Waals surface area contributed by atoms with Gasteiger partial charge in [0.05, 0.1) is 21.6 Å². The lowest BCUT2D eigenvalue weighted by Gasteiger charge is -2.24. The van der Waals surface area contributed by atoms with Crippen LogP contribution in [-0.4, -0.2) is 44.4 Å². The maximum absolute atomic E-state index is 13.2. The molecule has 172 valence electrons. The predicted molar refractivity (Wildman–Crippen MR) is 115 cm³/mol. The van der Waals surface area contributed by atoms with Crippen LogP contribution in [0.5, 0.6) is 0 Å². The molecular formula is C22H24F3N3O3S. The number of anilines is 1. The van der Waals surface area contributed by atoms with Crippen LogP contribution in [0, 0.1) is 5.92 Å². The fourth-order valence-electron chi connectivity index (χ4n) is 3.96. The van der Waals surface area contributed by atoms with Gasteiger partial charge in [0.15, 0.2) is 0 Å². The number of fused-ring (bicyclic) bond motifs is 1. The largest absolute Gasteiger partial charge is 0.396 e. The van der Waals surface area contributed by atoms with E-state index in [1.54, 1.807) is 34.9 Å². The Kier molecular flexibility index (Phi) is 6.17. The molecule has 1 fully saturated rings. The molecule has 2 aromatic carbocycles. The van der Waals surface area contributed by atoms with Crippen LogP contribution in [0.2, 0.25) is 0 Å². The molecule has 1 aromatic heterocycles. The second-order valence-corrected chi connectivity index (χ2v) is 9.91. The summed E-state index contributed by atoms with van der Waals surface area (Å²) in [6.07, 6.45) is -3.98. The van der Waals surface area contributed by atoms with E-state index in [0.29, 0.717) is 36.5 Å². The fourth-order valence-corrected chi connectivity index (χ4v) is 5.17. The summed E-state index contributed by atoms with van der Waals surface area (Å²) in [4.78, 5) is 4.38. The van der Waals surface area contributed by atoms with E-state index in [1.165, 1.54) is 25.2 Å². The number of hydrogen-bond donors (Lipinski definition) is 0. The van der Waals surface area contributed by atoms with Crippen LogP contribution in [0.1, 0.15) is 18.7 Å². The van der Waals surface area contributed by atoms with Crippen LogP contribution in [0.25, 0.3) is 11.0 Å². The first-order valence-corrected chi connectivity index (χ1v) is 11.8. The summed E-state index contributed by atoms with van der Waals surface area (Å²) < 4.78 is 73.6. The molecule has 0 bridgehead atoms. The number of hydrogen-bond acceptors (Lipinski definition) is 4. The Labute approximate surface area is 184 Å². The Morgan fingerprint density at radius 1 is 1.12 bits per heavy atom. The summed E-state index contributed by atoms with van der Waals surface area (Å²) >= 11 is 0. The molecule has 0 radical (unpaired) electrons. The van der Waals surface area contributed by atoms with Gasteiger partial charge in [0.1, 0.15) is 12.2 Å². The number of alkyl halides is 3. The Hall–Kier alpha value is -2.59. The lowest BCUT2D eigenvalue weighted by atomic mass is 10.00. The number of ether oxygens (including phenoxy) is 1. The summed E-state index contributed by atoms with van der Waals surface area (Å²) in [5, 5.41) is 0. The zero-order valence-corrected chi connectivity index (χ0v) is 18.4. The number of imidazole rings is 1. The molecule has 1 aliphatic heterocycles. The number of nitrogens with zero attached hydrogens (tertiary/aromatic N) is 3. The fraction of sp³-hybridized carbons (Fsp3) is 0.409. The first-order valence-electron chi connectivity index (χ1n) is 10.3. The molecule has 3 aromatic rings. The molecule has 0 spiro atoms. The quantitative estimate of drug-likeness (QED) is 0.539. The van der Waals surface area contributed by atoms with Gasteiger partial charge in [-0.05, 0) is 49.1 Å². The summed E-state index contributed by atoms with van der Waals surface area (Å²) in [6, 6.07) is 12.7. The van der Waals surface area contributed by atoms with Gasteiger partial charge >= 0.3 is 6.18 Å². The lowest BCUT2D eigenvalue weighted by Crippen LogP contribution is -2.26. The molecule has 0 saturated carbocycles. The highest BCUT2D eigenvalue weighted by molar-refractivity contribution is 7.92. The Morgan fingerprint density at radius 2 is 1.81 bits per heavy atom. The molecule has 1 saturated heterocycles. The van der Waals surface area contributed by atoms with Gasteiger partial charge in [-0.2, -0.15) is 13.2 Å². The second kappa shape index (κ2) is 8.74. The van der Waals surface area contributed by atoms with Gasteiger partial charge in [-0.25, -0.2) is 13.4 Å². The zero-order chi connectivity index (χ0) is 22.9. The molecule has 4 rings (SSSR count).